The minimum absolute atomic E-state index is 0.531. The zero-order valence-corrected chi connectivity index (χ0v) is 26.1. The highest BCUT2D eigenvalue weighted by Crippen LogP contribution is 2.58. The number of aryl methyl sites for hydroxylation is 2. The van der Waals surface area contributed by atoms with Gasteiger partial charge in [0.25, 0.3) is 0 Å². The van der Waals surface area contributed by atoms with Gasteiger partial charge >= 0.3 is 0 Å². The number of hydrogen-bond acceptors (Lipinski definition) is 4. The average molecular weight is 603 g/mol. The normalized spacial score (nSPS) is 12.6. The summed E-state index contributed by atoms with van der Waals surface area (Å²) in [7, 11) is 0. The Morgan fingerprint density at radius 3 is 1.72 bits per heavy atom. The Balaban J connectivity index is 1.47. The number of benzene rings is 6. The van der Waals surface area contributed by atoms with Gasteiger partial charge in [0.05, 0.1) is 17.0 Å². The predicted octanol–water partition coefficient (Wildman–Crippen LogP) is 9.72. The lowest BCUT2D eigenvalue weighted by Gasteiger charge is -2.34. The fourth-order valence-corrected chi connectivity index (χ4v) is 7.29. The van der Waals surface area contributed by atoms with Crippen molar-refractivity contribution >= 4 is 0 Å². The summed E-state index contributed by atoms with van der Waals surface area (Å²) in [5, 5.41) is 9.89. The van der Waals surface area contributed by atoms with E-state index in [1.54, 1.807) is 0 Å². The lowest BCUT2D eigenvalue weighted by atomic mass is 9.67. The second-order valence-electron chi connectivity index (χ2n) is 12.0. The molecule has 8 rings (SSSR count). The minimum atomic E-state index is -0.531. The molecule has 0 fully saturated rings. The molecule has 4 heteroatoms. The molecule has 0 unspecified atom stereocenters. The van der Waals surface area contributed by atoms with Crippen LogP contribution in [0, 0.1) is 25.2 Å². The van der Waals surface area contributed by atoms with Crippen molar-refractivity contribution in [2.45, 2.75) is 19.3 Å². The maximum absolute atomic E-state index is 9.89. The highest BCUT2D eigenvalue weighted by atomic mass is 15.0. The van der Waals surface area contributed by atoms with Crippen LogP contribution in [0.15, 0.2) is 146 Å². The van der Waals surface area contributed by atoms with Crippen LogP contribution in [0.1, 0.15) is 39.5 Å². The second-order valence-corrected chi connectivity index (χ2v) is 12.0. The van der Waals surface area contributed by atoms with Gasteiger partial charge in [-0.15, -0.1) is 0 Å². The molecule has 47 heavy (non-hydrogen) atoms. The van der Waals surface area contributed by atoms with Crippen molar-refractivity contribution < 1.29 is 0 Å². The molecular weight excluding hydrogens is 573 g/mol. The SMILES string of the molecule is Cc1nc(C)nc(-c2cccc(-c3cc4c(cc3-c3cccc(C#N)c3)C(c3ccccc3)(c3ccccc3)c3ccccc3-4)c2)n1. The van der Waals surface area contributed by atoms with E-state index in [2.05, 4.69) is 142 Å². The van der Waals surface area contributed by atoms with Crippen molar-refractivity contribution in [3.8, 4) is 50.8 Å². The summed E-state index contributed by atoms with van der Waals surface area (Å²) in [6.07, 6.45) is 0. The van der Waals surface area contributed by atoms with Crippen LogP contribution in [0.2, 0.25) is 0 Å². The average Bonchev–Trinajstić information content (AvgIpc) is 3.41. The zero-order chi connectivity index (χ0) is 32.0. The van der Waals surface area contributed by atoms with Crippen molar-refractivity contribution in [2.75, 3.05) is 0 Å². The maximum atomic E-state index is 9.89. The van der Waals surface area contributed by atoms with Crippen LogP contribution in [-0.4, -0.2) is 15.0 Å². The van der Waals surface area contributed by atoms with Gasteiger partial charge in [0.1, 0.15) is 11.6 Å². The molecule has 0 spiro atoms. The Morgan fingerprint density at radius 2 is 1.04 bits per heavy atom. The first kappa shape index (κ1) is 28.3. The van der Waals surface area contributed by atoms with E-state index in [0.29, 0.717) is 23.0 Å². The van der Waals surface area contributed by atoms with E-state index in [0.717, 1.165) is 27.8 Å². The first-order chi connectivity index (χ1) is 23.1. The molecule has 0 atom stereocenters. The lowest BCUT2D eigenvalue weighted by Crippen LogP contribution is -2.28. The molecule has 0 radical (unpaired) electrons. The van der Waals surface area contributed by atoms with Crippen LogP contribution in [0.3, 0.4) is 0 Å². The van der Waals surface area contributed by atoms with Gasteiger partial charge in [-0.1, -0.05) is 115 Å². The molecule has 0 aliphatic heterocycles. The van der Waals surface area contributed by atoms with Crippen LogP contribution < -0.4 is 0 Å². The van der Waals surface area contributed by atoms with Gasteiger partial charge < -0.3 is 0 Å². The van der Waals surface area contributed by atoms with E-state index < -0.39 is 5.41 Å². The van der Waals surface area contributed by atoms with Gasteiger partial charge in [-0.2, -0.15) is 5.26 Å². The summed E-state index contributed by atoms with van der Waals surface area (Å²) in [6, 6.07) is 53.8. The number of nitriles is 1. The standard InChI is InChI=1S/C43H30N4/c1-28-45-29(2)47-42(46-28)33-16-12-15-32(24-33)37-25-39-36-21-9-10-22-40(36)43(34-17-5-3-6-18-34,35-19-7-4-8-20-35)41(39)26-38(37)31-14-11-13-30(23-31)27-44/h3-26H,1-2H3. The fraction of sp³-hybridized carbons (Fsp3) is 0.0698. The molecule has 7 aromatic rings. The van der Waals surface area contributed by atoms with Gasteiger partial charge in [0.15, 0.2) is 5.82 Å². The van der Waals surface area contributed by atoms with Gasteiger partial charge in [-0.25, -0.2) is 15.0 Å². The third-order valence-electron chi connectivity index (χ3n) is 9.19. The highest BCUT2D eigenvalue weighted by molar-refractivity contribution is 5.95. The van der Waals surface area contributed by atoms with Crippen LogP contribution in [0.5, 0.6) is 0 Å². The summed E-state index contributed by atoms with van der Waals surface area (Å²) in [6.45, 7) is 3.79. The van der Waals surface area contributed by atoms with Crippen molar-refractivity contribution in [2.24, 2.45) is 0 Å². The molecule has 1 aliphatic rings. The summed E-state index contributed by atoms with van der Waals surface area (Å²) in [5.41, 5.74) is 12.5. The van der Waals surface area contributed by atoms with Crippen LogP contribution in [-0.2, 0) is 5.41 Å². The number of fused-ring (bicyclic) bond motifs is 3. The predicted molar refractivity (Wildman–Crippen MR) is 188 cm³/mol. The molecule has 1 aromatic heterocycles. The first-order valence-electron chi connectivity index (χ1n) is 15.8. The molecule has 0 saturated heterocycles. The molecule has 0 saturated carbocycles. The number of hydrogen-bond donors (Lipinski definition) is 0. The minimum Gasteiger partial charge on any atom is -0.219 e. The summed E-state index contributed by atoms with van der Waals surface area (Å²) in [4.78, 5) is 13.7. The van der Waals surface area contributed by atoms with Crippen molar-refractivity contribution in [1.29, 1.82) is 5.26 Å². The number of rotatable bonds is 5. The highest BCUT2D eigenvalue weighted by Gasteiger charge is 2.46. The number of aromatic nitrogens is 3. The van der Waals surface area contributed by atoms with E-state index in [1.165, 1.54) is 33.4 Å². The fourth-order valence-electron chi connectivity index (χ4n) is 7.29. The maximum Gasteiger partial charge on any atom is 0.163 e. The molecule has 6 aromatic carbocycles. The van der Waals surface area contributed by atoms with Gasteiger partial charge in [0, 0.05) is 5.56 Å². The van der Waals surface area contributed by atoms with E-state index in [9.17, 15) is 5.26 Å². The van der Waals surface area contributed by atoms with Crippen molar-refractivity contribution in [3.63, 3.8) is 0 Å². The summed E-state index contributed by atoms with van der Waals surface area (Å²) >= 11 is 0. The molecule has 0 bridgehead atoms. The summed E-state index contributed by atoms with van der Waals surface area (Å²) < 4.78 is 0. The second kappa shape index (κ2) is 11.3. The molecule has 222 valence electrons. The third-order valence-corrected chi connectivity index (χ3v) is 9.19. The van der Waals surface area contributed by atoms with E-state index in [1.807, 2.05) is 38.1 Å². The Hall–Kier alpha value is -6.18. The third kappa shape index (κ3) is 4.64. The molecule has 0 N–H and O–H groups in total. The quantitative estimate of drug-likeness (QED) is 0.197. The van der Waals surface area contributed by atoms with Gasteiger partial charge in [0.2, 0.25) is 0 Å². The van der Waals surface area contributed by atoms with Gasteiger partial charge in [-0.05, 0) is 99.8 Å². The summed E-state index contributed by atoms with van der Waals surface area (Å²) in [5.74, 6) is 2.04. The van der Waals surface area contributed by atoms with Crippen LogP contribution in [0.4, 0.5) is 0 Å². The molecule has 4 nitrogen and oxygen atoms in total. The van der Waals surface area contributed by atoms with Crippen molar-refractivity contribution in [1.82, 2.24) is 15.0 Å². The molecule has 1 heterocycles. The Labute approximate surface area is 274 Å². The molecular formula is C43H30N4. The van der Waals surface area contributed by atoms with E-state index in [-0.39, 0.29) is 0 Å². The Kier molecular flexibility index (Phi) is 6.82. The first-order valence-corrected chi connectivity index (χ1v) is 15.8. The number of nitrogens with zero attached hydrogens (tertiary/aromatic N) is 4. The Bertz CT molecular complexity index is 2280. The zero-order valence-electron chi connectivity index (χ0n) is 26.1. The van der Waals surface area contributed by atoms with Crippen LogP contribution >= 0.6 is 0 Å². The van der Waals surface area contributed by atoms with E-state index in [4.69, 9.17) is 0 Å². The smallest absolute Gasteiger partial charge is 0.163 e. The Morgan fingerprint density at radius 1 is 0.468 bits per heavy atom. The lowest BCUT2D eigenvalue weighted by molar-refractivity contribution is 0.769. The van der Waals surface area contributed by atoms with Crippen LogP contribution in [0.25, 0.3) is 44.8 Å². The van der Waals surface area contributed by atoms with Gasteiger partial charge in [-0.3, -0.25) is 0 Å². The largest absolute Gasteiger partial charge is 0.219 e. The topological polar surface area (TPSA) is 62.5 Å². The molecule has 0 amide bonds. The van der Waals surface area contributed by atoms with Crippen molar-refractivity contribution in [3.05, 3.63) is 185 Å². The van der Waals surface area contributed by atoms with E-state index >= 15 is 0 Å². The molecule has 1 aliphatic carbocycles. The monoisotopic (exact) mass is 602 g/mol.